The Hall–Kier alpha value is 0.0249. The molecular weight excluding hydrogens is 127 g/mol. The second-order valence-corrected chi connectivity index (χ2v) is 2.94. The second kappa shape index (κ2) is 4.86. The van der Waals surface area contributed by atoms with Crippen molar-refractivity contribution in [2.24, 2.45) is 5.92 Å². The topological polar surface area (TPSA) is 0 Å². The molecule has 0 aliphatic rings. The fourth-order valence-corrected chi connectivity index (χ4v) is 0.632. The predicted molar refractivity (Wildman–Crippen MR) is 48.3 cm³/mol. The number of hydrogen-bond acceptors (Lipinski definition) is 1. The molecule has 0 aromatic rings. The van der Waals surface area contributed by atoms with Crippen molar-refractivity contribution in [2.45, 2.75) is 13.8 Å². The van der Waals surface area contributed by atoms with Gasteiger partial charge in [0.1, 0.15) is 0 Å². The number of thioether (sulfide) groups is 1. The third-order valence-electron chi connectivity index (χ3n) is 1.06. The normalized spacial score (nSPS) is 11.0. The van der Waals surface area contributed by atoms with E-state index in [1.807, 2.05) is 17.7 Å². The summed E-state index contributed by atoms with van der Waals surface area (Å²) in [6.45, 7) is 4.17. The van der Waals surface area contributed by atoms with Crippen LogP contribution in [-0.2, 0) is 0 Å². The van der Waals surface area contributed by atoms with Gasteiger partial charge in [0.25, 0.3) is 0 Å². The average Bonchev–Trinajstić information content (AvgIpc) is 1.82. The molecule has 0 nitrogen and oxygen atoms in total. The molecule has 0 atom stereocenters. The van der Waals surface area contributed by atoms with Gasteiger partial charge >= 0.3 is 62.2 Å². The molecule has 0 saturated carbocycles. The zero-order chi connectivity index (χ0) is 7.28. The molecule has 0 N–H and O–H groups in total. The standard InChI is InChI=1S/C7H12BS/c1-6(2)7(8)4-5-9-3/h4-6H,1-3H3. The zero-order valence-electron chi connectivity index (χ0n) is 6.22. The van der Waals surface area contributed by atoms with Crippen LogP contribution in [0.4, 0.5) is 0 Å². The Morgan fingerprint density at radius 2 is 2.11 bits per heavy atom. The molecule has 0 spiro atoms. The molecule has 2 heteroatoms. The van der Waals surface area contributed by atoms with Gasteiger partial charge in [0.2, 0.25) is 0 Å². The van der Waals surface area contributed by atoms with E-state index in [0.29, 0.717) is 5.92 Å². The van der Waals surface area contributed by atoms with Gasteiger partial charge in [-0.3, -0.25) is 0 Å². The molecule has 0 aliphatic heterocycles. The molecule has 9 heavy (non-hydrogen) atoms. The molecule has 0 amide bonds. The van der Waals surface area contributed by atoms with Crippen LogP contribution in [0.15, 0.2) is 11.5 Å². The van der Waals surface area contributed by atoms with Crippen LogP contribution in [0.2, 0.25) is 0 Å². The number of rotatable bonds is 3. The van der Waals surface area contributed by atoms with Crippen LogP contribution < -0.4 is 0 Å². The van der Waals surface area contributed by atoms with Gasteiger partial charge in [-0.25, -0.2) is 0 Å². The summed E-state index contributed by atoms with van der Waals surface area (Å²) in [5.74, 6) is 0.466. The summed E-state index contributed by atoms with van der Waals surface area (Å²) in [6.07, 6.45) is 3.97. The molecule has 49 valence electrons. The number of allylic oxidation sites excluding steroid dienone is 1. The van der Waals surface area contributed by atoms with Crippen molar-refractivity contribution in [2.75, 3.05) is 6.26 Å². The van der Waals surface area contributed by atoms with Crippen molar-refractivity contribution in [3.8, 4) is 0 Å². The summed E-state index contributed by atoms with van der Waals surface area (Å²) in [4.78, 5) is 0. The second-order valence-electron chi connectivity index (χ2n) is 2.19. The van der Waals surface area contributed by atoms with E-state index in [0.717, 1.165) is 5.46 Å². The molecular formula is C7H12BS. The Morgan fingerprint density at radius 3 is 2.44 bits per heavy atom. The van der Waals surface area contributed by atoms with Crippen molar-refractivity contribution in [1.82, 2.24) is 0 Å². The predicted octanol–water partition coefficient (Wildman–Crippen LogP) is 1.86. The minimum absolute atomic E-state index is 0.466. The molecule has 0 rings (SSSR count). The molecule has 0 aliphatic carbocycles. The van der Waals surface area contributed by atoms with E-state index in [4.69, 9.17) is 7.49 Å². The first-order valence-corrected chi connectivity index (χ1v) is 4.29. The maximum atomic E-state index is 5.62. The third kappa shape index (κ3) is 4.52. The summed E-state index contributed by atoms with van der Waals surface area (Å²) in [7, 11) is 5.62. The molecule has 0 aromatic carbocycles. The van der Waals surface area contributed by atoms with Crippen LogP contribution in [0.3, 0.4) is 0 Å². The number of hydrogen-bond donors (Lipinski definition) is 0. The van der Waals surface area contributed by atoms with Crippen molar-refractivity contribution >= 4 is 24.7 Å². The van der Waals surface area contributed by atoms with E-state index >= 15 is 0 Å². The van der Waals surface area contributed by atoms with Gasteiger partial charge in [0.15, 0.2) is 0 Å². The van der Waals surface area contributed by atoms with E-state index in [1.165, 1.54) is 0 Å². The molecule has 0 fully saturated rings. The van der Waals surface area contributed by atoms with Crippen molar-refractivity contribution < 1.29 is 0 Å². The monoisotopic (exact) mass is 139 g/mol. The van der Waals surface area contributed by atoms with Gasteiger partial charge in [-0.15, -0.1) is 0 Å². The van der Waals surface area contributed by atoms with Crippen LogP contribution in [0.25, 0.3) is 0 Å². The molecule has 1 radical (unpaired) electrons. The Balaban J connectivity index is 3.63. The van der Waals surface area contributed by atoms with Crippen LogP contribution in [0.1, 0.15) is 13.8 Å². The fourth-order valence-electron chi connectivity index (χ4n) is 0.339. The summed E-state index contributed by atoms with van der Waals surface area (Å²) >= 11 is 1.67. The van der Waals surface area contributed by atoms with Crippen molar-refractivity contribution in [3.05, 3.63) is 11.5 Å². The minimum atomic E-state index is 0.466. The average molecular weight is 139 g/mol. The van der Waals surface area contributed by atoms with Crippen LogP contribution in [0.5, 0.6) is 0 Å². The maximum absolute atomic E-state index is 5.62. The molecule has 0 aromatic heterocycles. The third-order valence-corrected chi connectivity index (χ3v) is 1.47. The van der Waals surface area contributed by atoms with Crippen molar-refractivity contribution in [3.63, 3.8) is 0 Å². The fraction of sp³-hybridized carbons (Fsp3) is 0.571. The van der Waals surface area contributed by atoms with Crippen LogP contribution in [-0.4, -0.2) is 19.2 Å². The van der Waals surface area contributed by atoms with Gasteiger partial charge in [0, 0.05) is 0 Å². The molecule has 0 bridgehead atoms. The van der Waals surface area contributed by atoms with E-state index in [2.05, 4.69) is 13.8 Å². The summed E-state index contributed by atoms with van der Waals surface area (Å²) in [5, 5.41) is 2.00. The Bertz CT molecular complexity index is 116. The van der Waals surface area contributed by atoms with Gasteiger partial charge in [0.05, 0.1) is 0 Å². The van der Waals surface area contributed by atoms with Gasteiger partial charge in [-0.1, -0.05) is 0 Å². The Morgan fingerprint density at radius 1 is 1.56 bits per heavy atom. The van der Waals surface area contributed by atoms with Gasteiger partial charge in [-0.2, -0.15) is 0 Å². The Labute approximate surface area is 62.8 Å². The van der Waals surface area contributed by atoms with E-state index in [1.54, 1.807) is 11.8 Å². The van der Waals surface area contributed by atoms with Gasteiger partial charge in [-0.05, 0) is 0 Å². The van der Waals surface area contributed by atoms with Crippen LogP contribution >= 0.6 is 11.8 Å². The summed E-state index contributed by atoms with van der Waals surface area (Å²) < 4.78 is 0. The van der Waals surface area contributed by atoms with E-state index in [9.17, 15) is 0 Å². The quantitative estimate of drug-likeness (QED) is 0.537. The van der Waals surface area contributed by atoms with Crippen molar-refractivity contribution in [1.29, 1.82) is 0 Å². The van der Waals surface area contributed by atoms with Crippen LogP contribution in [0, 0.1) is 5.92 Å². The zero-order valence-corrected chi connectivity index (χ0v) is 7.03. The SMILES string of the molecule is [B]=C(C=CSC)C(C)C. The molecule has 0 saturated heterocycles. The summed E-state index contributed by atoms with van der Waals surface area (Å²) in [5.41, 5.74) is 0.948. The van der Waals surface area contributed by atoms with Gasteiger partial charge < -0.3 is 0 Å². The molecule has 0 unspecified atom stereocenters. The molecule has 0 heterocycles. The Kier molecular flexibility index (Phi) is 4.88. The van der Waals surface area contributed by atoms with E-state index in [-0.39, 0.29) is 0 Å². The first kappa shape index (κ1) is 9.02. The first-order valence-electron chi connectivity index (χ1n) is 3.00. The summed E-state index contributed by atoms with van der Waals surface area (Å²) in [6, 6.07) is 0. The first-order chi connectivity index (χ1) is 4.18. The van der Waals surface area contributed by atoms with E-state index < -0.39 is 0 Å².